The lowest BCUT2D eigenvalue weighted by molar-refractivity contribution is -0.130. The zero-order valence-electron chi connectivity index (χ0n) is 12.9. The SMILES string of the molecule is COC(=O)c1cc(CN(C)C(=O)CCc2cccs2)oc1C. The second-order valence-electron chi connectivity index (χ2n) is 5.00. The van der Waals surface area contributed by atoms with Gasteiger partial charge in [0.05, 0.1) is 13.7 Å². The van der Waals surface area contributed by atoms with Gasteiger partial charge in [0.1, 0.15) is 17.1 Å². The fraction of sp³-hybridized carbons (Fsp3) is 0.375. The van der Waals surface area contributed by atoms with Gasteiger partial charge in [0.2, 0.25) is 5.91 Å². The summed E-state index contributed by atoms with van der Waals surface area (Å²) in [6.07, 6.45) is 1.20. The maximum absolute atomic E-state index is 12.1. The van der Waals surface area contributed by atoms with Gasteiger partial charge < -0.3 is 14.1 Å². The highest BCUT2D eigenvalue weighted by atomic mass is 32.1. The summed E-state index contributed by atoms with van der Waals surface area (Å²) in [6.45, 7) is 2.04. The second kappa shape index (κ2) is 7.26. The van der Waals surface area contributed by atoms with E-state index in [4.69, 9.17) is 4.42 Å². The highest BCUT2D eigenvalue weighted by Gasteiger charge is 2.17. The molecule has 0 saturated carbocycles. The van der Waals surface area contributed by atoms with Crippen LogP contribution in [0.15, 0.2) is 28.0 Å². The summed E-state index contributed by atoms with van der Waals surface area (Å²) in [6, 6.07) is 5.63. The Hall–Kier alpha value is -2.08. The van der Waals surface area contributed by atoms with Crippen molar-refractivity contribution in [1.29, 1.82) is 0 Å². The summed E-state index contributed by atoms with van der Waals surface area (Å²) < 4.78 is 10.2. The number of methoxy groups -OCH3 is 1. The molecule has 0 spiro atoms. The highest BCUT2D eigenvalue weighted by molar-refractivity contribution is 7.09. The zero-order valence-corrected chi connectivity index (χ0v) is 13.7. The molecule has 0 fully saturated rings. The molecule has 6 heteroatoms. The van der Waals surface area contributed by atoms with E-state index >= 15 is 0 Å². The number of thiophene rings is 1. The van der Waals surface area contributed by atoms with Crippen LogP contribution < -0.4 is 0 Å². The van der Waals surface area contributed by atoms with Crippen LogP contribution in [0.4, 0.5) is 0 Å². The minimum atomic E-state index is -0.431. The summed E-state index contributed by atoms with van der Waals surface area (Å²) in [5.41, 5.74) is 0.400. The number of ether oxygens (including phenoxy) is 1. The maximum atomic E-state index is 12.1. The molecule has 5 nitrogen and oxygen atoms in total. The van der Waals surface area contributed by atoms with E-state index in [0.29, 0.717) is 30.0 Å². The van der Waals surface area contributed by atoms with Gasteiger partial charge in [-0.3, -0.25) is 4.79 Å². The Morgan fingerprint density at radius 1 is 1.41 bits per heavy atom. The summed E-state index contributed by atoms with van der Waals surface area (Å²) in [5.74, 6) is 0.687. The Bertz CT molecular complexity index is 645. The van der Waals surface area contributed by atoms with E-state index in [2.05, 4.69) is 4.74 Å². The molecule has 0 atom stereocenters. The Morgan fingerprint density at radius 2 is 2.18 bits per heavy atom. The molecular formula is C16H19NO4S. The normalized spacial score (nSPS) is 10.5. The van der Waals surface area contributed by atoms with Crippen LogP contribution in [0.2, 0.25) is 0 Å². The lowest BCUT2D eigenvalue weighted by Gasteiger charge is -2.15. The van der Waals surface area contributed by atoms with Crippen molar-refractivity contribution in [2.45, 2.75) is 26.3 Å². The second-order valence-corrected chi connectivity index (χ2v) is 6.04. The average Bonchev–Trinajstić information content (AvgIpc) is 3.13. The molecule has 2 rings (SSSR count). The van der Waals surface area contributed by atoms with E-state index in [0.717, 1.165) is 6.42 Å². The van der Waals surface area contributed by atoms with E-state index in [1.54, 1.807) is 36.3 Å². The van der Waals surface area contributed by atoms with E-state index in [1.807, 2.05) is 17.5 Å². The van der Waals surface area contributed by atoms with Gasteiger partial charge in [-0.2, -0.15) is 0 Å². The lowest BCUT2D eigenvalue weighted by atomic mass is 10.2. The minimum Gasteiger partial charge on any atom is -0.465 e. The summed E-state index contributed by atoms with van der Waals surface area (Å²) in [5, 5.41) is 2.00. The molecular weight excluding hydrogens is 302 g/mol. The predicted octanol–water partition coefficient (Wildman–Crippen LogP) is 3.03. The molecule has 0 aliphatic heterocycles. The number of nitrogens with zero attached hydrogens (tertiary/aromatic N) is 1. The van der Waals surface area contributed by atoms with Gasteiger partial charge in [-0.05, 0) is 30.9 Å². The monoisotopic (exact) mass is 321 g/mol. The molecule has 0 saturated heterocycles. The van der Waals surface area contributed by atoms with Gasteiger partial charge in [-0.1, -0.05) is 6.07 Å². The van der Waals surface area contributed by atoms with Gasteiger partial charge in [-0.25, -0.2) is 4.79 Å². The van der Waals surface area contributed by atoms with Crippen molar-refractivity contribution in [3.8, 4) is 0 Å². The molecule has 22 heavy (non-hydrogen) atoms. The quantitative estimate of drug-likeness (QED) is 0.767. The van der Waals surface area contributed by atoms with Crippen molar-refractivity contribution in [2.75, 3.05) is 14.2 Å². The third-order valence-electron chi connectivity index (χ3n) is 3.36. The Balaban J connectivity index is 1.92. The van der Waals surface area contributed by atoms with Crippen LogP contribution in [0.5, 0.6) is 0 Å². The first kappa shape index (κ1) is 16.3. The molecule has 0 radical (unpaired) electrons. The fourth-order valence-corrected chi connectivity index (χ4v) is 2.84. The number of furan rings is 1. The number of carbonyl (C=O) groups excluding carboxylic acids is 2. The van der Waals surface area contributed by atoms with E-state index in [-0.39, 0.29) is 5.91 Å². The van der Waals surface area contributed by atoms with Gasteiger partial charge >= 0.3 is 5.97 Å². The van der Waals surface area contributed by atoms with E-state index < -0.39 is 5.97 Å². The van der Waals surface area contributed by atoms with Crippen molar-refractivity contribution in [2.24, 2.45) is 0 Å². The molecule has 2 aromatic heterocycles. The first-order valence-electron chi connectivity index (χ1n) is 6.95. The van der Waals surface area contributed by atoms with Gasteiger partial charge in [0.25, 0.3) is 0 Å². The van der Waals surface area contributed by atoms with E-state index in [1.165, 1.54) is 12.0 Å². The standard InChI is InChI=1S/C16H19NO4S/c1-11-14(16(19)20-3)9-12(21-11)10-17(2)15(18)7-6-13-5-4-8-22-13/h4-5,8-9H,6-7,10H2,1-3H3. The Morgan fingerprint density at radius 3 is 2.82 bits per heavy atom. The van der Waals surface area contributed by atoms with Crippen LogP contribution in [0.3, 0.4) is 0 Å². The first-order valence-corrected chi connectivity index (χ1v) is 7.83. The van der Waals surface area contributed by atoms with Gasteiger partial charge in [0.15, 0.2) is 0 Å². The molecule has 118 valence electrons. The maximum Gasteiger partial charge on any atom is 0.341 e. The average molecular weight is 321 g/mol. The molecule has 0 aliphatic carbocycles. The predicted molar refractivity (Wildman–Crippen MR) is 83.9 cm³/mol. The largest absolute Gasteiger partial charge is 0.465 e. The van der Waals surface area contributed by atoms with Crippen molar-refractivity contribution in [1.82, 2.24) is 4.90 Å². The van der Waals surface area contributed by atoms with Crippen molar-refractivity contribution in [3.63, 3.8) is 0 Å². The van der Waals surface area contributed by atoms with Crippen molar-refractivity contribution >= 4 is 23.2 Å². The summed E-state index contributed by atoms with van der Waals surface area (Å²) in [4.78, 5) is 26.5. The number of esters is 1. The molecule has 2 heterocycles. The summed E-state index contributed by atoms with van der Waals surface area (Å²) >= 11 is 1.65. The van der Waals surface area contributed by atoms with Crippen LogP contribution in [-0.4, -0.2) is 30.9 Å². The zero-order chi connectivity index (χ0) is 16.1. The lowest BCUT2D eigenvalue weighted by Crippen LogP contribution is -2.26. The Labute approximate surface area is 133 Å². The fourth-order valence-electron chi connectivity index (χ4n) is 2.13. The number of amides is 1. The molecule has 1 amide bonds. The van der Waals surface area contributed by atoms with Crippen LogP contribution in [-0.2, 0) is 22.5 Å². The minimum absolute atomic E-state index is 0.0436. The highest BCUT2D eigenvalue weighted by Crippen LogP contribution is 2.18. The Kier molecular flexibility index (Phi) is 5.38. The molecule has 0 aromatic carbocycles. The number of carbonyl (C=O) groups is 2. The topological polar surface area (TPSA) is 59.8 Å². The summed E-state index contributed by atoms with van der Waals surface area (Å²) in [7, 11) is 3.06. The van der Waals surface area contributed by atoms with Gasteiger partial charge in [-0.15, -0.1) is 11.3 Å². The third-order valence-corrected chi connectivity index (χ3v) is 4.29. The molecule has 0 unspecified atom stereocenters. The number of rotatable bonds is 6. The first-order chi connectivity index (χ1) is 10.5. The molecule has 0 bridgehead atoms. The molecule has 0 aliphatic rings. The van der Waals surface area contributed by atoms with Gasteiger partial charge in [0, 0.05) is 18.3 Å². The third kappa shape index (κ3) is 3.98. The number of aryl methyl sites for hydroxylation is 2. The van der Waals surface area contributed by atoms with E-state index in [9.17, 15) is 9.59 Å². The smallest absolute Gasteiger partial charge is 0.341 e. The van der Waals surface area contributed by atoms with Crippen LogP contribution in [0.1, 0.15) is 33.2 Å². The van der Waals surface area contributed by atoms with Crippen molar-refractivity contribution < 1.29 is 18.7 Å². The number of hydrogen-bond acceptors (Lipinski definition) is 5. The van der Waals surface area contributed by atoms with Crippen LogP contribution in [0.25, 0.3) is 0 Å². The van der Waals surface area contributed by atoms with Crippen LogP contribution in [0, 0.1) is 6.92 Å². The molecule has 0 N–H and O–H groups in total. The van der Waals surface area contributed by atoms with Crippen molar-refractivity contribution in [3.05, 3.63) is 45.5 Å². The number of hydrogen-bond donors (Lipinski definition) is 0. The van der Waals surface area contributed by atoms with Crippen LogP contribution >= 0.6 is 11.3 Å². The molecule has 2 aromatic rings.